The number of para-hydroxylation sites is 2. The van der Waals surface area contributed by atoms with Crippen molar-refractivity contribution in [3.63, 3.8) is 0 Å². The summed E-state index contributed by atoms with van der Waals surface area (Å²) in [6, 6.07) is 20.0. The molecule has 26 heavy (non-hydrogen) atoms. The Kier molecular flexibility index (Phi) is 5.19. The van der Waals surface area contributed by atoms with E-state index in [-0.39, 0.29) is 11.4 Å². The van der Waals surface area contributed by atoms with Crippen molar-refractivity contribution in [3.8, 4) is 11.6 Å². The van der Waals surface area contributed by atoms with Crippen molar-refractivity contribution >= 4 is 17.6 Å². The molecular weight excluding hydrogens is 334 g/mol. The minimum Gasteiger partial charge on any atom is -0.405 e. The van der Waals surface area contributed by atoms with Crippen molar-refractivity contribution in [1.29, 1.82) is 0 Å². The van der Waals surface area contributed by atoms with E-state index in [1.807, 2.05) is 12.1 Å². The normalized spacial score (nSPS) is 10.2. The molecule has 0 bridgehead atoms. The van der Waals surface area contributed by atoms with Crippen LogP contribution in [0.3, 0.4) is 0 Å². The first kappa shape index (κ1) is 17.1. The highest BCUT2D eigenvalue weighted by atomic mass is 16.5. The number of nitrogens with zero attached hydrogens (tertiary/aromatic N) is 2. The number of anilines is 1. The highest BCUT2D eigenvalue weighted by Crippen LogP contribution is 2.09. The Morgan fingerprint density at radius 2 is 1.58 bits per heavy atom. The van der Waals surface area contributed by atoms with Crippen LogP contribution in [-0.4, -0.2) is 21.7 Å². The van der Waals surface area contributed by atoms with Crippen molar-refractivity contribution in [1.82, 2.24) is 9.78 Å². The fraction of sp³-hybridized carbons (Fsp3) is 0.0526. The number of rotatable bonds is 5. The van der Waals surface area contributed by atoms with E-state index in [1.54, 1.807) is 48.5 Å². The van der Waals surface area contributed by atoms with E-state index >= 15 is 0 Å². The maximum absolute atomic E-state index is 11.9. The molecule has 0 saturated heterocycles. The van der Waals surface area contributed by atoms with Gasteiger partial charge in [0.25, 0.3) is 5.56 Å². The lowest BCUT2D eigenvalue weighted by molar-refractivity contribution is -0.137. The van der Waals surface area contributed by atoms with Crippen LogP contribution in [0.2, 0.25) is 0 Å². The van der Waals surface area contributed by atoms with Gasteiger partial charge < -0.3 is 10.1 Å². The van der Waals surface area contributed by atoms with Crippen molar-refractivity contribution in [2.75, 3.05) is 5.32 Å². The number of ether oxygens (including phenoxy) is 1. The van der Waals surface area contributed by atoms with Gasteiger partial charge >= 0.3 is 5.97 Å². The third-order valence-corrected chi connectivity index (χ3v) is 3.36. The molecule has 3 rings (SSSR count). The van der Waals surface area contributed by atoms with E-state index < -0.39 is 18.3 Å². The zero-order chi connectivity index (χ0) is 18.4. The first-order chi connectivity index (χ1) is 12.6. The summed E-state index contributed by atoms with van der Waals surface area (Å²) in [5.74, 6) is -1.34. The molecule has 130 valence electrons. The third-order valence-electron chi connectivity index (χ3n) is 3.36. The van der Waals surface area contributed by atoms with Gasteiger partial charge in [0.15, 0.2) is 0 Å². The largest absolute Gasteiger partial charge is 0.405 e. The molecule has 2 aromatic carbocycles. The summed E-state index contributed by atoms with van der Waals surface area (Å²) < 4.78 is 6.19. The van der Waals surface area contributed by atoms with Crippen molar-refractivity contribution in [3.05, 3.63) is 83.2 Å². The van der Waals surface area contributed by atoms with E-state index in [0.29, 0.717) is 11.4 Å². The number of hydrogen-bond acceptors (Lipinski definition) is 5. The van der Waals surface area contributed by atoms with Gasteiger partial charge in [-0.2, -0.15) is 4.68 Å². The molecular formula is C19H15N3O4. The molecule has 0 saturated carbocycles. The van der Waals surface area contributed by atoms with E-state index in [2.05, 4.69) is 10.4 Å². The van der Waals surface area contributed by atoms with Gasteiger partial charge in [-0.15, -0.1) is 5.10 Å². The van der Waals surface area contributed by atoms with Crippen molar-refractivity contribution in [2.45, 2.75) is 6.42 Å². The van der Waals surface area contributed by atoms with E-state index in [4.69, 9.17) is 4.74 Å². The Labute approximate surface area is 148 Å². The van der Waals surface area contributed by atoms with Crippen LogP contribution in [0.15, 0.2) is 77.6 Å². The van der Waals surface area contributed by atoms with Crippen LogP contribution in [0.1, 0.15) is 6.42 Å². The highest BCUT2D eigenvalue weighted by Gasteiger charge is 2.13. The van der Waals surface area contributed by atoms with Gasteiger partial charge in [-0.25, -0.2) is 0 Å². The maximum atomic E-state index is 11.9. The summed E-state index contributed by atoms with van der Waals surface area (Å²) in [5.41, 5.74) is 0.760. The lowest BCUT2D eigenvalue weighted by Crippen LogP contribution is -2.23. The molecule has 7 nitrogen and oxygen atoms in total. The Balaban J connectivity index is 1.66. The summed E-state index contributed by atoms with van der Waals surface area (Å²) in [6.07, 6.45) is -0.471. The van der Waals surface area contributed by atoms with Crippen LogP contribution in [0.25, 0.3) is 5.69 Å². The number of esters is 1. The van der Waals surface area contributed by atoms with Gasteiger partial charge in [0.1, 0.15) is 6.42 Å². The number of nitrogens with one attached hydrogen (secondary N) is 1. The van der Waals surface area contributed by atoms with Gasteiger partial charge in [-0.3, -0.25) is 14.4 Å². The van der Waals surface area contributed by atoms with Crippen molar-refractivity contribution in [2.24, 2.45) is 0 Å². The molecule has 7 heteroatoms. The third kappa shape index (κ3) is 4.41. The van der Waals surface area contributed by atoms with Gasteiger partial charge in [-0.1, -0.05) is 36.4 Å². The van der Waals surface area contributed by atoms with Gasteiger partial charge in [-0.05, 0) is 24.3 Å². The number of amides is 1. The lowest BCUT2D eigenvalue weighted by Gasteiger charge is -2.08. The zero-order valence-electron chi connectivity index (χ0n) is 13.7. The minimum atomic E-state index is -0.774. The average Bonchev–Trinajstić information content (AvgIpc) is 2.64. The number of aromatic nitrogens is 2. The first-order valence-electron chi connectivity index (χ1n) is 7.83. The van der Waals surface area contributed by atoms with Crippen molar-refractivity contribution < 1.29 is 14.3 Å². The summed E-state index contributed by atoms with van der Waals surface area (Å²) in [5, 5.41) is 6.59. The lowest BCUT2D eigenvalue weighted by atomic mass is 10.3. The van der Waals surface area contributed by atoms with E-state index in [1.165, 1.54) is 12.1 Å². The second-order valence-corrected chi connectivity index (χ2v) is 5.32. The average molecular weight is 349 g/mol. The van der Waals surface area contributed by atoms with Crippen LogP contribution < -0.4 is 15.6 Å². The van der Waals surface area contributed by atoms with Gasteiger partial charge in [0, 0.05) is 17.8 Å². The SMILES string of the molecule is O=C(CC(=O)Oc1ccc(=O)n(-c2ccccc2)n1)Nc1ccccc1. The van der Waals surface area contributed by atoms with Crippen LogP contribution >= 0.6 is 0 Å². The number of carbonyl (C=O) groups excluding carboxylic acids is 2. The van der Waals surface area contributed by atoms with Crippen LogP contribution in [-0.2, 0) is 9.59 Å². The van der Waals surface area contributed by atoms with Gasteiger partial charge in [0.05, 0.1) is 5.69 Å². The number of carbonyl (C=O) groups is 2. The second-order valence-electron chi connectivity index (χ2n) is 5.32. The summed E-state index contributed by atoms with van der Waals surface area (Å²) >= 11 is 0. The fourth-order valence-corrected chi connectivity index (χ4v) is 2.21. The minimum absolute atomic E-state index is 0.0639. The molecule has 3 aromatic rings. The first-order valence-corrected chi connectivity index (χ1v) is 7.83. The molecule has 0 fully saturated rings. The quantitative estimate of drug-likeness (QED) is 0.563. The molecule has 0 unspecified atom stereocenters. The predicted molar refractivity (Wildman–Crippen MR) is 95.2 cm³/mol. The highest BCUT2D eigenvalue weighted by molar-refractivity contribution is 6.02. The molecule has 0 atom stereocenters. The molecule has 1 heterocycles. The van der Waals surface area contributed by atoms with Gasteiger partial charge in [0.2, 0.25) is 11.8 Å². The number of benzene rings is 2. The number of hydrogen-bond donors (Lipinski definition) is 1. The second kappa shape index (κ2) is 7.89. The molecule has 0 aliphatic rings. The Morgan fingerprint density at radius 1 is 0.923 bits per heavy atom. The molecule has 0 aliphatic heterocycles. The molecule has 0 aliphatic carbocycles. The Bertz CT molecular complexity index is 969. The predicted octanol–water partition coefficient (Wildman–Crippen LogP) is 2.17. The van der Waals surface area contributed by atoms with Crippen LogP contribution in [0.5, 0.6) is 5.88 Å². The molecule has 1 aromatic heterocycles. The van der Waals surface area contributed by atoms with Crippen LogP contribution in [0, 0.1) is 0 Å². The fourth-order valence-electron chi connectivity index (χ4n) is 2.21. The summed E-state index contributed by atoms with van der Waals surface area (Å²) in [6.45, 7) is 0. The zero-order valence-corrected chi connectivity index (χ0v) is 13.7. The topological polar surface area (TPSA) is 90.3 Å². The summed E-state index contributed by atoms with van der Waals surface area (Å²) in [7, 11) is 0. The molecule has 1 N–H and O–H groups in total. The van der Waals surface area contributed by atoms with Crippen LogP contribution in [0.4, 0.5) is 5.69 Å². The molecule has 1 amide bonds. The Morgan fingerprint density at radius 3 is 2.27 bits per heavy atom. The van der Waals surface area contributed by atoms with E-state index in [9.17, 15) is 14.4 Å². The smallest absolute Gasteiger partial charge is 0.322 e. The van der Waals surface area contributed by atoms with E-state index in [0.717, 1.165) is 4.68 Å². The molecule has 0 spiro atoms. The monoisotopic (exact) mass is 349 g/mol. The molecule has 0 radical (unpaired) electrons. The Hall–Kier alpha value is -3.74. The standard InChI is InChI=1S/C19H15N3O4/c23-16(20-14-7-3-1-4-8-14)13-19(25)26-17-11-12-18(24)22(21-17)15-9-5-2-6-10-15/h1-12H,13H2,(H,20,23). The maximum Gasteiger partial charge on any atom is 0.322 e. The summed E-state index contributed by atoms with van der Waals surface area (Å²) in [4.78, 5) is 35.7.